The lowest BCUT2D eigenvalue weighted by molar-refractivity contribution is 0.0690. The lowest BCUT2D eigenvalue weighted by Crippen LogP contribution is -2.28. The standard InChI is InChI=1S/C11H14N2O3/c14-11(15)9-2-1-3-10(13-9)12-8-4-6-16-7-5-8/h1-3,8H,4-7H2,(H,12,13)(H,14,15). The molecule has 1 aliphatic heterocycles. The molecule has 2 heterocycles. The van der Waals surface area contributed by atoms with E-state index >= 15 is 0 Å². The highest BCUT2D eigenvalue weighted by atomic mass is 16.5. The van der Waals surface area contributed by atoms with Crippen LogP contribution in [0.1, 0.15) is 23.3 Å². The number of carboxylic acid groups (broad SMARTS) is 1. The number of aromatic nitrogens is 1. The van der Waals surface area contributed by atoms with E-state index in [0.717, 1.165) is 26.1 Å². The number of nitrogens with zero attached hydrogens (tertiary/aromatic N) is 1. The second kappa shape index (κ2) is 4.94. The van der Waals surface area contributed by atoms with Gasteiger partial charge in [0.05, 0.1) is 0 Å². The van der Waals surface area contributed by atoms with Crippen molar-refractivity contribution in [3.8, 4) is 0 Å². The molecule has 2 rings (SSSR count). The maximum Gasteiger partial charge on any atom is 0.354 e. The van der Waals surface area contributed by atoms with Crippen molar-refractivity contribution in [3.63, 3.8) is 0 Å². The third-order valence-corrected chi connectivity index (χ3v) is 2.54. The molecule has 5 nitrogen and oxygen atoms in total. The van der Waals surface area contributed by atoms with Gasteiger partial charge in [0.15, 0.2) is 5.69 Å². The number of nitrogens with one attached hydrogen (secondary N) is 1. The van der Waals surface area contributed by atoms with Gasteiger partial charge in [0.25, 0.3) is 0 Å². The Hall–Kier alpha value is -1.62. The van der Waals surface area contributed by atoms with E-state index in [1.54, 1.807) is 12.1 Å². The van der Waals surface area contributed by atoms with Gasteiger partial charge in [-0.25, -0.2) is 9.78 Å². The maximum atomic E-state index is 10.7. The average Bonchev–Trinajstić information content (AvgIpc) is 2.30. The molecule has 86 valence electrons. The SMILES string of the molecule is O=C(O)c1cccc(NC2CCOCC2)n1. The summed E-state index contributed by atoms with van der Waals surface area (Å²) in [5.74, 6) is -0.387. The van der Waals surface area contributed by atoms with Crippen molar-refractivity contribution in [1.82, 2.24) is 4.98 Å². The van der Waals surface area contributed by atoms with E-state index in [4.69, 9.17) is 9.84 Å². The van der Waals surface area contributed by atoms with E-state index in [1.807, 2.05) is 0 Å². The molecule has 0 saturated carbocycles. The Morgan fingerprint density at radius 2 is 2.19 bits per heavy atom. The van der Waals surface area contributed by atoms with Gasteiger partial charge in [0.1, 0.15) is 5.82 Å². The molecule has 0 aliphatic carbocycles. The summed E-state index contributed by atoms with van der Waals surface area (Å²) in [6.45, 7) is 1.49. The van der Waals surface area contributed by atoms with Gasteiger partial charge >= 0.3 is 5.97 Å². The minimum atomic E-state index is -1.00. The number of rotatable bonds is 3. The Bertz CT molecular complexity index is 375. The largest absolute Gasteiger partial charge is 0.477 e. The molecule has 0 aromatic carbocycles. The van der Waals surface area contributed by atoms with Crippen LogP contribution >= 0.6 is 0 Å². The molecule has 0 bridgehead atoms. The summed E-state index contributed by atoms with van der Waals surface area (Å²) in [6, 6.07) is 5.28. The number of carbonyl (C=O) groups is 1. The Labute approximate surface area is 93.5 Å². The van der Waals surface area contributed by atoms with E-state index in [2.05, 4.69) is 10.3 Å². The smallest absolute Gasteiger partial charge is 0.354 e. The van der Waals surface area contributed by atoms with E-state index in [1.165, 1.54) is 6.07 Å². The lowest BCUT2D eigenvalue weighted by Gasteiger charge is -2.23. The van der Waals surface area contributed by atoms with Crippen molar-refractivity contribution in [2.75, 3.05) is 18.5 Å². The summed E-state index contributed by atoms with van der Waals surface area (Å²) in [5.41, 5.74) is 0.0667. The fraction of sp³-hybridized carbons (Fsp3) is 0.455. The van der Waals surface area contributed by atoms with Crippen LogP contribution in [-0.2, 0) is 4.74 Å². The molecule has 5 heteroatoms. The van der Waals surface area contributed by atoms with Crippen molar-refractivity contribution in [2.24, 2.45) is 0 Å². The molecule has 1 fully saturated rings. The molecule has 1 aromatic rings. The number of carboxylic acids is 1. The second-order valence-electron chi connectivity index (χ2n) is 3.74. The van der Waals surface area contributed by atoms with Crippen LogP contribution in [0, 0.1) is 0 Å². The maximum absolute atomic E-state index is 10.7. The van der Waals surface area contributed by atoms with Crippen LogP contribution < -0.4 is 5.32 Å². The first kappa shape index (κ1) is 10.9. The second-order valence-corrected chi connectivity index (χ2v) is 3.74. The van der Waals surface area contributed by atoms with E-state index in [0.29, 0.717) is 11.9 Å². The zero-order valence-corrected chi connectivity index (χ0v) is 8.85. The van der Waals surface area contributed by atoms with E-state index < -0.39 is 5.97 Å². The normalized spacial score (nSPS) is 17.0. The minimum absolute atomic E-state index is 0.0667. The summed E-state index contributed by atoms with van der Waals surface area (Å²) < 4.78 is 5.24. The quantitative estimate of drug-likeness (QED) is 0.808. The highest BCUT2D eigenvalue weighted by Gasteiger charge is 2.14. The Morgan fingerprint density at radius 3 is 2.88 bits per heavy atom. The molecular weight excluding hydrogens is 208 g/mol. The predicted octanol–water partition coefficient (Wildman–Crippen LogP) is 1.37. The third kappa shape index (κ3) is 2.70. The Balaban J connectivity index is 2.02. The summed E-state index contributed by atoms with van der Waals surface area (Å²) in [7, 11) is 0. The average molecular weight is 222 g/mol. The van der Waals surface area contributed by atoms with Crippen molar-refractivity contribution in [2.45, 2.75) is 18.9 Å². The van der Waals surface area contributed by atoms with Crippen LogP contribution in [0.3, 0.4) is 0 Å². The van der Waals surface area contributed by atoms with Gasteiger partial charge in [-0.15, -0.1) is 0 Å². The molecule has 0 spiro atoms. The van der Waals surface area contributed by atoms with Crippen LogP contribution in [0.2, 0.25) is 0 Å². The minimum Gasteiger partial charge on any atom is -0.477 e. The first-order valence-electron chi connectivity index (χ1n) is 5.30. The topological polar surface area (TPSA) is 71.5 Å². The molecule has 0 radical (unpaired) electrons. The summed E-state index contributed by atoms with van der Waals surface area (Å²) in [6.07, 6.45) is 1.86. The number of pyridine rings is 1. The zero-order valence-electron chi connectivity index (χ0n) is 8.85. The van der Waals surface area contributed by atoms with Crippen LogP contribution in [-0.4, -0.2) is 35.3 Å². The summed E-state index contributed by atoms with van der Waals surface area (Å²) >= 11 is 0. The van der Waals surface area contributed by atoms with Gasteiger partial charge in [-0.05, 0) is 25.0 Å². The van der Waals surface area contributed by atoms with Gasteiger partial charge in [-0.3, -0.25) is 0 Å². The monoisotopic (exact) mass is 222 g/mol. The van der Waals surface area contributed by atoms with Crippen molar-refractivity contribution >= 4 is 11.8 Å². The summed E-state index contributed by atoms with van der Waals surface area (Å²) in [5, 5.41) is 12.0. The van der Waals surface area contributed by atoms with Crippen molar-refractivity contribution < 1.29 is 14.6 Å². The fourth-order valence-electron chi connectivity index (χ4n) is 1.69. The molecule has 0 unspecified atom stereocenters. The van der Waals surface area contributed by atoms with Crippen molar-refractivity contribution in [3.05, 3.63) is 23.9 Å². The number of anilines is 1. The van der Waals surface area contributed by atoms with Crippen LogP contribution in [0.15, 0.2) is 18.2 Å². The fourth-order valence-corrected chi connectivity index (χ4v) is 1.69. The summed E-state index contributed by atoms with van der Waals surface area (Å²) in [4.78, 5) is 14.7. The number of ether oxygens (including phenoxy) is 1. The van der Waals surface area contributed by atoms with Gasteiger partial charge in [-0.2, -0.15) is 0 Å². The highest BCUT2D eigenvalue weighted by molar-refractivity contribution is 5.85. The molecular formula is C11H14N2O3. The first-order valence-corrected chi connectivity index (χ1v) is 5.30. The molecule has 16 heavy (non-hydrogen) atoms. The predicted molar refractivity (Wildman–Crippen MR) is 58.7 cm³/mol. The first-order chi connectivity index (χ1) is 7.75. The van der Waals surface area contributed by atoms with Crippen LogP contribution in [0.5, 0.6) is 0 Å². The molecule has 1 saturated heterocycles. The Morgan fingerprint density at radius 1 is 1.44 bits per heavy atom. The van der Waals surface area contributed by atoms with Crippen molar-refractivity contribution in [1.29, 1.82) is 0 Å². The Kier molecular flexibility index (Phi) is 3.36. The molecule has 0 amide bonds. The van der Waals surface area contributed by atoms with E-state index in [-0.39, 0.29) is 5.69 Å². The van der Waals surface area contributed by atoms with Gasteiger partial charge in [0.2, 0.25) is 0 Å². The van der Waals surface area contributed by atoms with E-state index in [9.17, 15) is 4.79 Å². The number of aromatic carboxylic acids is 1. The lowest BCUT2D eigenvalue weighted by atomic mass is 10.1. The van der Waals surface area contributed by atoms with Gasteiger partial charge < -0.3 is 15.2 Å². The molecule has 1 aliphatic rings. The highest BCUT2D eigenvalue weighted by Crippen LogP contribution is 2.13. The number of hydrogen-bond donors (Lipinski definition) is 2. The van der Waals surface area contributed by atoms with Gasteiger partial charge in [0, 0.05) is 19.3 Å². The van der Waals surface area contributed by atoms with Crippen LogP contribution in [0.4, 0.5) is 5.82 Å². The zero-order chi connectivity index (χ0) is 11.4. The van der Waals surface area contributed by atoms with Crippen LogP contribution in [0.25, 0.3) is 0 Å². The molecule has 0 atom stereocenters. The number of hydrogen-bond acceptors (Lipinski definition) is 4. The third-order valence-electron chi connectivity index (χ3n) is 2.54. The van der Waals surface area contributed by atoms with Gasteiger partial charge in [-0.1, -0.05) is 6.07 Å². The molecule has 1 aromatic heterocycles. The molecule has 2 N–H and O–H groups in total.